The van der Waals surface area contributed by atoms with Crippen LogP contribution in [-0.4, -0.2) is 31.6 Å². The molecule has 10 heteroatoms. The molecule has 0 unspecified atom stereocenters. The van der Waals surface area contributed by atoms with Crippen LogP contribution in [0.5, 0.6) is 0 Å². The maximum atomic E-state index is 12.8. The van der Waals surface area contributed by atoms with E-state index >= 15 is 0 Å². The highest BCUT2D eigenvalue weighted by molar-refractivity contribution is 7.98. The minimum absolute atomic E-state index is 0.146. The molecule has 0 bridgehead atoms. The summed E-state index contributed by atoms with van der Waals surface area (Å²) in [6.45, 7) is 1.60. The number of hydrogen-bond acceptors (Lipinski definition) is 8. The summed E-state index contributed by atoms with van der Waals surface area (Å²) in [4.78, 5) is 39.3. The summed E-state index contributed by atoms with van der Waals surface area (Å²) >= 11 is 8.80. The standard InChI is InChI=1S/C20H15ClN4O3S2/c1-11-17(19(29-2)24-18(22-11)14-4-3-7-30-14)20(27)28-10-13-8-16(26)25-9-12(21)5-6-15(25)23-13/h3-9H,10H2,1-2H3. The molecule has 152 valence electrons. The lowest BCUT2D eigenvalue weighted by Gasteiger charge is -2.11. The van der Waals surface area contributed by atoms with Crippen molar-refractivity contribution in [3.05, 3.63) is 74.2 Å². The second kappa shape index (κ2) is 8.55. The molecule has 0 amide bonds. The van der Waals surface area contributed by atoms with Gasteiger partial charge in [0.25, 0.3) is 5.56 Å². The Morgan fingerprint density at radius 2 is 2.10 bits per heavy atom. The van der Waals surface area contributed by atoms with Gasteiger partial charge in [-0.1, -0.05) is 17.7 Å². The Kier molecular flexibility index (Phi) is 5.85. The van der Waals surface area contributed by atoms with Gasteiger partial charge >= 0.3 is 5.97 Å². The van der Waals surface area contributed by atoms with Crippen LogP contribution in [0.4, 0.5) is 0 Å². The number of halogens is 1. The molecule has 0 aromatic carbocycles. The van der Waals surface area contributed by atoms with Crippen LogP contribution in [0, 0.1) is 6.92 Å². The molecular weight excluding hydrogens is 444 g/mol. The minimum Gasteiger partial charge on any atom is -0.455 e. The highest BCUT2D eigenvalue weighted by atomic mass is 35.5. The van der Waals surface area contributed by atoms with Crippen molar-refractivity contribution < 1.29 is 9.53 Å². The van der Waals surface area contributed by atoms with Crippen molar-refractivity contribution in [2.75, 3.05) is 6.26 Å². The molecule has 0 N–H and O–H groups in total. The molecule has 4 aromatic rings. The van der Waals surface area contributed by atoms with Crippen LogP contribution in [0.2, 0.25) is 5.02 Å². The Hall–Kier alpha value is -2.75. The van der Waals surface area contributed by atoms with E-state index in [2.05, 4.69) is 15.0 Å². The number of thiophene rings is 1. The van der Waals surface area contributed by atoms with Crippen LogP contribution >= 0.6 is 34.7 Å². The Labute approximate surface area is 184 Å². The van der Waals surface area contributed by atoms with Crippen LogP contribution in [0.1, 0.15) is 21.7 Å². The smallest absolute Gasteiger partial charge is 0.343 e. The highest BCUT2D eigenvalue weighted by Gasteiger charge is 2.21. The van der Waals surface area contributed by atoms with Crippen LogP contribution in [-0.2, 0) is 11.3 Å². The summed E-state index contributed by atoms with van der Waals surface area (Å²) in [5.41, 5.74) is 1.30. The van der Waals surface area contributed by atoms with Gasteiger partial charge in [-0.2, -0.15) is 0 Å². The molecule has 0 radical (unpaired) electrons. The maximum Gasteiger partial charge on any atom is 0.343 e. The molecule has 0 aliphatic heterocycles. The number of rotatable bonds is 5. The van der Waals surface area contributed by atoms with Crippen molar-refractivity contribution in [3.63, 3.8) is 0 Å². The first-order valence-corrected chi connectivity index (χ1v) is 11.3. The van der Waals surface area contributed by atoms with Gasteiger partial charge in [-0.3, -0.25) is 9.20 Å². The number of aromatic nitrogens is 4. The van der Waals surface area contributed by atoms with E-state index in [1.807, 2.05) is 23.8 Å². The lowest BCUT2D eigenvalue weighted by atomic mass is 10.2. The number of carbonyl (C=O) groups is 1. The van der Waals surface area contributed by atoms with Gasteiger partial charge < -0.3 is 4.74 Å². The first kappa shape index (κ1) is 20.5. The molecular formula is C20H15ClN4O3S2. The quantitative estimate of drug-likeness (QED) is 0.251. The zero-order valence-corrected chi connectivity index (χ0v) is 18.3. The Balaban J connectivity index is 1.59. The topological polar surface area (TPSA) is 86.5 Å². The van der Waals surface area contributed by atoms with Crippen molar-refractivity contribution in [2.24, 2.45) is 0 Å². The number of thioether (sulfide) groups is 1. The normalized spacial score (nSPS) is 11.0. The monoisotopic (exact) mass is 458 g/mol. The van der Waals surface area contributed by atoms with E-state index in [-0.39, 0.29) is 12.2 Å². The number of aryl methyl sites for hydroxylation is 1. The minimum atomic E-state index is -0.562. The maximum absolute atomic E-state index is 12.8. The van der Waals surface area contributed by atoms with Gasteiger partial charge in [0, 0.05) is 12.3 Å². The molecule has 4 aromatic heterocycles. The number of pyridine rings is 1. The fourth-order valence-corrected chi connectivity index (χ4v) is 4.29. The molecule has 4 rings (SSSR count). The summed E-state index contributed by atoms with van der Waals surface area (Å²) in [6.07, 6.45) is 3.33. The molecule has 0 saturated carbocycles. The highest BCUT2D eigenvalue weighted by Crippen LogP contribution is 2.27. The van der Waals surface area contributed by atoms with Gasteiger partial charge in [-0.15, -0.1) is 23.1 Å². The molecule has 7 nitrogen and oxygen atoms in total. The molecule has 0 saturated heterocycles. The summed E-state index contributed by atoms with van der Waals surface area (Å²) in [7, 11) is 0. The Bertz CT molecular complexity index is 1310. The van der Waals surface area contributed by atoms with E-state index in [9.17, 15) is 9.59 Å². The van der Waals surface area contributed by atoms with Gasteiger partial charge in [0.1, 0.15) is 22.8 Å². The van der Waals surface area contributed by atoms with Gasteiger partial charge in [0.2, 0.25) is 0 Å². The summed E-state index contributed by atoms with van der Waals surface area (Å²) in [6, 6.07) is 8.43. The zero-order valence-electron chi connectivity index (χ0n) is 16.0. The second-order valence-electron chi connectivity index (χ2n) is 6.23. The molecule has 0 atom stereocenters. The molecule has 0 spiro atoms. The lowest BCUT2D eigenvalue weighted by molar-refractivity contribution is 0.0461. The number of hydrogen-bond donors (Lipinski definition) is 0. The van der Waals surface area contributed by atoms with Crippen molar-refractivity contribution >= 4 is 46.3 Å². The van der Waals surface area contributed by atoms with E-state index in [4.69, 9.17) is 16.3 Å². The summed E-state index contributed by atoms with van der Waals surface area (Å²) in [5.74, 6) is 0.0129. The van der Waals surface area contributed by atoms with Crippen molar-refractivity contribution in [2.45, 2.75) is 18.6 Å². The fraction of sp³-hybridized carbons (Fsp3) is 0.150. The molecule has 0 aliphatic carbocycles. The second-order valence-corrected chi connectivity index (χ2v) is 8.41. The average Bonchev–Trinajstić information content (AvgIpc) is 3.27. The number of carbonyl (C=O) groups excluding carboxylic acids is 1. The van der Waals surface area contributed by atoms with Crippen LogP contribution in [0.15, 0.2) is 51.7 Å². The Morgan fingerprint density at radius 3 is 2.83 bits per heavy atom. The molecule has 0 fully saturated rings. The third-order valence-corrected chi connectivity index (χ3v) is 5.99. The van der Waals surface area contributed by atoms with Crippen molar-refractivity contribution in [1.29, 1.82) is 0 Å². The third-order valence-electron chi connectivity index (χ3n) is 4.22. The van der Waals surface area contributed by atoms with E-state index < -0.39 is 5.97 Å². The lowest BCUT2D eigenvalue weighted by Crippen LogP contribution is -2.17. The predicted octanol–water partition coefficient (Wildman–Crippen LogP) is 4.25. The van der Waals surface area contributed by atoms with Crippen molar-refractivity contribution in [3.8, 4) is 10.7 Å². The van der Waals surface area contributed by atoms with Crippen LogP contribution in [0.3, 0.4) is 0 Å². The largest absolute Gasteiger partial charge is 0.455 e. The van der Waals surface area contributed by atoms with Crippen molar-refractivity contribution in [1.82, 2.24) is 19.4 Å². The van der Waals surface area contributed by atoms with E-state index in [1.54, 1.807) is 19.1 Å². The van der Waals surface area contributed by atoms with Gasteiger partial charge in [-0.05, 0) is 36.8 Å². The number of esters is 1. The SMILES string of the molecule is CSc1nc(-c2cccs2)nc(C)c1C(=O)OCc1cc(=O)n2cc(Cl)ccc2n1. The number of nitrogens with zero attached hydrogens (tertiary/aromatic N) is 4. The first-order valence-electron chi connectivity index (χ1n) is 8.77. The predicted molar refractivity (Wildman–Crippen MR) is 117 cm³/mol. The third kappa shape index (κ3) is 4.09. The van der Waals surface area contributed by atoms with Gasteiger partial charge in [0.15, 0.2) is 5.82 Å². The van der Waals surface area contributed by atoms with E-state index in [0.717, 1.165) is 4.88 Å². The van der Waals surface area contributed by atoms with Crippen LogP contribution < -0.4 is 5.56 Å². The molecule has 30 heavy (non-hydrogen) atoms. The number of ether oxygens (including phenoxy) is 1. The summed E-state index contributed by atoms with van der Waals surface area (Å²) in [5, 5.41) is 2.91. The zero-order chi connectivity index (χ0) is 21.3. The van der Waals surface area contributed by atoms with Crippen LogP contribution in [0.25, 0.3) is 16.3 Å². The van der Waals surface area contributed by atoms with Gasteiger partial charge in [0.05, 0.1) is 21.3 Å². The molecule has 0 aliphatic rings. The van der Waals surface area contributed by atoms with E-state index in [1.165, 1.54) is 39.8 Å². The first-order chi connectivity index (χ1) is 14.5. The fourth-order valence-electron chi connectivity index (χ4n) is 2.86. The number of fused-ring (bicyclic) bond motifs is 1. The Morgan fingerprint density at radius 1 is 1.27 bits per heavy atom. The molecule has 4 heterocycles. The van der Waals surface area contributed by atoms with E-state index in [0.29, 0.717) is 38.5 Å². The van der Waals surface area contributed by atoms with Gasteiger partial charge in [-0.25, -0.2) is 19.7 Å². The summed E-state index contributed by atoms with van der Waals surface area (Å²) < 4.78 is 6.76. The average molecular weight is 459 g/mol.